The molecule has 0 saturated heterocycles. The molecule has 6 heteroatoms. The molecule has 1 aromatic carbocycles. The molecule has 86 valence electrons. The lowest BCUT2D eigenvalue weighted by molar-refractivity contribution is -0.131. The third-order valence-electron chi connectivity index (χ3n) is 1.90. The van der Waals surface area contributed by atoms with Gasteiger partial charge in [0.1, 0.15) is 0 Å². The molecule has 0 radical (unpaired) electrons. The second-order valence-electron chi connectivity index (χ2n) is 3.12. The average Bonchev–Trinajstić information content (AvgIpc) is 2.76. The number of carboxylic acids is 1. The van der Waals surface area contributed by atoms with Gasteiger partial charge in [-0.2, -0.15) is 0 Å². The summed E-state index contributed by atoms with van der Waals surface area (Å²) in [6.45, 7) is 0. The standard InChI is InChI=1S/C11H7ClN2O3/c12-8-3-1-7(2-4-8)11-14-13-9(17-11)5-6-10(15)16/h1-6H,(H,15,16). The Balaban J connectivity index is 2.23. The van der Waals surface area contributed by atoms with Crippen molar-refractivity contribution in [2.24, 2.45) is 0 Å². The van der Waals surface area contributed by atoms with E-state index in [1.807, 2.05) is 0 Å². The Kier molecular flexibility index (Phi) is 3.20. The Morgan fingerprint density at radius 2 is 2.00 bits per heavy atom. The van der Waals surface area contributed by atoms with Crippen LogP contribution >= 0.6 is 11.6 Å². The lowest BCUT2D eigenvalue weighted by Gasteiger charge is -1.93. The predicted molar refractivity (Wildman–Crippen MR) is 61.4 cm³/mol. The van der Waals surface area contributed by atoms with Gasteiger partial charge in [0.25, 0.3) is 0 Å². The van der Waals surface area contributed by atoms with E-state index in [0.717, 1.165) is 11.6 Å². The van der Waals surface area contributed by atoms with E-state index in [1.165, 1.54) is 6.08 Å². The maximum Gasteiger partial charge on any atom is 0.328 e. The molecule has 2 aromatic rings. The van der Waals surface area contributed by atoms with Crippen molar-refractivity contribution in [3.8, 4) is 11.5 Å². The molecular weight excluding hydrogens is 244 g/mol. The first-order chi connectivity index (χ1) is 8.15. The molecule has 0 bridgehead atoms. The van der Waals surface area contributed by atoms with E-state index < -0.39 is 5.97 Å². The number of benzene rings is 1. The summed E-state index contributed by atoms with van der Waals surface area (Å²) >= 11 is 5.75. The summed E-state index contributed by atoms with van der Waals surface area (Å²) in [7, 11) is 0. The Labute approximate surface area is 101 Å². The number of carbonyl (C=O) groups is 1. The number of aliphatic carboxylic acids is 1. The fourth-order valence-electron chi connectivity index (χ4n) is 1.15. The summed E-state index contributed by atoms with van der Waals surface area (Å²) in [4.78, 5) is 10.3. The predicted octanol–water partition coefficient (Wildman–Crippen LogP) is 2.49. The monoisotopic (exact) mass is 250 g/mol. The molecule has 2 rings (SSSR count). The normalized spacial score (nSPS) is 10.9. The van der Waals surface area contributed by atoms with Gasteiger partial charge in [-0.3, -0.25) is 0 Å². The molecule has 17 heavy (non-hydrogen) atoms. The molecule has 0 aliphatic heterocycles. The van der Waals surface area contributed by atoms with Gasteiger partial charge in [-0.1, -0.05) is 11.6 Å². The molecule has 1 heterocycles. The van der Waals surface area contributed by atoms with Crippen LogP contribution in [0.15, 0.2) is 34.8 Å². The van der Waals surface area contributed by atoms with Gasteiger partial charge >= 0.3 is 5.97 Å². The van der Waals surface area contributed by atoms with E-state index in [4.69, 9.17) is 21.1 Å². The molecule has 0 aliphatic rings. The van der Waals surface area contributed by atoms with Crippen LogP contribution in [0.1, 0.15) is 5.89 Å². The molecule has 5 nitrogen and oxygen atoms in total. The minimum Gasteiger partial charge on any atom is -0.478 e. The third kappa shape index (κ3) is 2.92. The van der Waals surface area contributed by atoms with Crippen molar-refractivity contribution in [3.05, 3.63) is 41.3 Å². The molecule has 0 fully saturated rings. The van der Waals surface area contributed by atoms with Crippen LogP contribution in [-0.4, -0.2) is 21.3 Å². The van der Waals surface area contributed by atoms with Crippen LogP contribution in [0.25, 0.3) is 17.5 Å². The molecule has 1 N–H and O–H groups in total. The number of hydrogen-bond donors (Lipinski definition) is 1. The van der Waals surface area contributed by atoms with E-state index in [1.54, 1.807) is 24.3 Å². The number of rotatable bonds is 3. The zero-order chi connectivity index (χ0) is 12.3. The summed E-state index contributed by atoms with van der Waals surface area (Å²) < 4.78 is 5.24. The molecule has 0 unspecified atom stereocenters. The van der Waals surface area contributed by atoms with Crippen LogP contribution < -0.4 is 0 Å². The fourth-order valence-corrected chi connectivity index (χ4v) is 1.28. The van der Waals surface area contributed by atoms with Crippen molar-refractivity contribution in [1.82, 2.24) is 10.2 Å². The fraction of sp³-hybridized carbons (Fsp3) is 0. The van der Waals surface area contributed by atoms with Crippen molar-refractivity contribution in [2.75, 3.05) is 0 Å². The smallest absolute Gasteiger partial charge is 0.328 e. The highest BCUT2D eigenvalue weighted by molar-refractivity contribution is 6.30. The molecule has 1 aromatic heterocycles. The first kappa shape index (κ1) is 11.3. The quantitative estimate of drug-likeness (QED) is 0.847. The lowest BCUT2D eigenvalue weighted by Crippen LogP contribution is -1.85. The zero-order valence-corrected chi connectivity index (χ0v) is 9.26. The Hall–Kier alpha value is -2.14. The molecule has 0 atom stereocenters. The van der Waals surface area contributed by atoms with E-state index in [-0.39, 0.29) is 5.89 Å². The molecule has 0 spiro atoms. The van der Waals surface area contributed by atoms with Crippen LogP contribution in [-0.2, 0) is 4.79 Å². The molecular formula is C11H7ClN2O3. The molecule has 0 aliphatic carbocycles. The largest absolute Gasteiger partial charge is 0.478 e. The number of halogens is 1. The second-order valence-corrected chi connectivity index (χ2v) is 3.56. The maximum absolute atomic E-state index is 10.3. The van der Waals surface area contributed by atoms with Gasteiger partial charge in [-0.15, -0.1) is 10.2 Å². The van der Waals surface area contributed by atoms with Crippen LogP contribution in [0.3, 0.4) is 0 Å². The summed E-state index contributed by atoms with van der Waals surface area (Å²) in [5.41, 5.74) is 0.719. The van der Waals surface area contributed by atoms with Gasteiger partial charge in [0.2, 0.25) is 11.8 Å². The number of aromatic nitrogens is 2. The Morgan fingerprint density at radius 3 is 2.65 bits per heavy atom. The minimum atomic E-state index is -1.07. The van der Waals surface area contributed by atoms with Gasteiger partial charge in [-0.25, -0.2) is 4.79 Å². The van der Waals surface area contributed by atoms with Crippen molar-refractivity contribution < 1.29 is 14.3 Å². The zero-order valence-electron chi connectivity index (χ0n) is 8.50. The number of hydrogen-bond acceptors (Lipinski definition) is 4. The van der Waals surface area contributed by atoms with E-state index in [9.17, 15) is 4.79 Å². The van der Waals surface area contributed by atoms with Crippen LogP contribution in [0, 0.1) is 0 Å². The van der Waals surface area contributed by atoms with Gasteiger partial charge in [0, 0.05) is 22.7 Å². The Bertz CT molecular complexity index is 560. The van der Waals surface area contributed by atoms with Crippen molar-refractivity contribution >= 4 is 23.6 Å². The van der Waals surface area contributed by atoms with Crippen molar-refractivity contribution in [3.63, 3.8) is 0 Å². The summed E-state index contributed by atoms with van der Waals surface area (Å²) in [6, 6.07) is 6.88. The van der Waals surface area contributed by atoms with Gasteiger partial charge in [-0.05, 0) is 24.3 Å². The second kappa shape index (κ2) is 4.80. The molecule has 0 amide bonds. The molecule has 0 saturated carbocycles. The topological polar surface area (TPSA) is 76.2 Å². The number of carboxylic acid groups (broad SMARTS) is 1. The highest BCUT2D eigenvalue weighted by Crippen LogP contribution is 2.20. The highest BCUT2D eigenvalue weighted by atomic mass is 35.5. The number of nitrogens with zero attached hydrogens (tertiary/aromatic N) is 2. The SMILES string of the molecule is O=C(O)C=Cc1nnc(-c2ccc(Cl)cc2)o1. The Morgan fingerprint density at radius 1 is 1.29 bits per heavy atom. The van der Waals surface area contributed by atoms with Crippen LogP contribution in [0.2, 0.25) is 5.02 Å². The van der Waals surface area contributed by atoms with E-state index in [2.05, 4.69) is 10.2 Å². The average molecular weight is 251 g/mol. The van der Waals surface area contributed by atoms with Crippen molar-refractivity contribution in [2.45, 2.75) is 0 Å². The van der Waals surface area contributed by atoms with Gasteiger partial charge < -0.3 is 9.52 Å². The minimum absolute atomic E-state index is 0.136. The van der Waals surface area contributed by atoms with Gasteiger partial charge in [0.05, 0.1) is 0 Å². The summed E-state index contributed by atoms with van der Waals surface area (Å²) in [5.74, 6) is -0.625. The first-order valence-electron chi connectivity index (χ1n) is 4.65. The third-order valence-corrected chi connectivity index (χ3v) is 2.15. The van der Waals surface area contributed by atoms with Crippen LogP contribution in [0.5, 0.6) is 0 Å². The van der Waals surface area contributed by atoms with E-state index in [0.29, 0.717) is 10.9 Å². The maximum atomic E-state index is 10.3. The summed E-state index contributed by atoms with van der Waals surface area (Å²) in [6.07, 6.45) is 2.16. The lowest BCUT2D eigenvalue weighted by atomic mass is 10.2. The summed E-state index contributed by atoms with van der Waals surface area (Å²) in [5, 5.41) is 16.5. The van der Waals surface area contributed by atoms with Gasteiger partial charge in [0.15, 0.2) is 0 Å². The van der Waals surface area contributed by atoms with Crippen molar-refractivity contribution in [1.29, 1.82) is 0 Å². The van der Waals surface area contributed by atoms with E-state index >= 15 is 0 Å². The van der Waals surface area contributed by atoms with Crippen LogP contribution in [0.4, 0.5) is 0 Å². The highest BCUT2D eigenvalue weighted by Gasteiger charge is 2.06. The first-order valence-corrected chi connectivity index (χ1v) is 5.03.